The molecule has 8 nitrogen and oxygen atoms in total. The Morgan fingerprint density at radius 1 is 0.972 bits per heavy atom. The van der Waals surface area contributed by atoms with Gasteiger partial charge in [0.15, 0.2) is 0 Å². The summed E-state index contributed by atoms with van der Waals surface area (Å²) in [7, 11) is 1.51. The SMILES string of the molecule is COc1cccc(C(=O)N(Cc2ccc(C)cc2)C2CC(=O)N(c3ccc(OC(C)=O)cc3)C2=O)c1. The first-order chi connectivity index (χ1) is 17.3. The molecule has 0 saturated carbocycles. The van der Waals surface area contributed by atoms with Crippen molar-refractivity contribution in [3.8, 4) is 11.5 Å². The van der Waals surface area contributed by atoms with E-state index >= 15 is 0 Å². The van der Waals surface area contributed by atoms with Crippen molar-refractivity contribution in [3.05, 3.63) is 89.5 Å². The van der Waals surface area contributed by atoms with Gasteiger partial charge in [-0.25, -0.2) is 4.90 Å². The van der Waals surface area contributed by atoms with E-state index < -0.39 is 23.8 Å². The number of amides is 3. The van der Waals surface area contributed by atoms with Crippen LogP contribution in [0.5, 0.6) is 11.5 Å². The second-order valence-corrected chi connectivity index (χ2v) is 8.53. The standard InChI is InChI=1S/C28H26N2O6/c1-18-7-9-20(10-8-18)17-29(27(33)21-5-4-6-24(15-21)35-3)25-16-26(32)30(28(25)34)22-11-13-23(14-12-22)36-19(2)31/h4-15,25H,16-17H2,1-3H3. The molecular weight excluding hydrogens is 460 g/mol. The molecule has 0 aromatic heterocycles. The van der Waals surface area contributed by atoms with Gasteiger partial charge >= 0.3 is 5.97 Å². The molecule has 1 atom stereocenters. The van der Waals surface area contributed by atoms with E-state index in [2.05, 4.69) is 0 Å². The lowest BCUT2D eigenvalue weighted by Crippen LogP contribution is -2.45. The van der Waals surface area contributed by atoms with E-state index in [1.165, 1.54) is 43.2 Å². The molecule has 1 aliphatic heterocycles. The fraction of sp³-hybridized carbons (Fsp3) is 0.214. The van der Waals surface area contributed by atoms with Crippen LogP contribution in [0.25, 0.3) is 0 Å². The molecule has 1 fully saturated rings. The zero-order valence-electron chi connectivity index (χ0n) is 20.3. The number of benzene rings is 3. The van der Waals surface area contributed by atoms with E-state index in [-0.39, 0.29) is 18.9 Å². The van der Waals surface area contributed by atoms with Gasteiger partial charge in [0, 0.05) is 19.0 Å². The van der Waals surface area contributed by atoms with E-state index in [0.717, 1.165) is 16.0 Å². The van der Waals surface area contributed by atoms with E-state index in [0.29, 0.717) is 22.7 Å². The van der Waals surface area contributed by atoms with Crippen LogP contribution in [-0.4, -0.2) is 41.7 Å². The van der Waals surface area contributed by atoms with Gasteiger partial charge in [-0.15, -0.1) is 0 Å². The number of carbonyl (C=O) groups excluding carboxylic acids is 4. The Labute approximate surface area is 209 Å². The third-order valence-corrected chi connectivity index (χ3v) is 5.91. The van der Waals surface area contributed by atoms with Crippen LogP contribution in [0.3, 0.4) is 0 Å². The van der Waals surface area contributed by atoms with Crippen molar-refractivity contribution in [2.45, 2.75) is 32.9 Å². The maximum Gasteiger partial charge on any atom is 0.308 e. The van der Waals surface area contributed by atoms with Gasteiger partial charge in [-0.1, -0.05) is 35.9 Å². The highest BCUT2D eigenvalue weighted by molar-refractivity contribution is 6.23. The molecule has 1 aliphatic rings. The van der Waals surface area contributed by atoms with Crippen molar-refractivity contribution in [1.29, 1.82) is 0 Å². The Bertz CT molecular complexity index is 1300. The minimum atomic E-state index is -0.981. The third kappa shape index (κ3) is 5.27. The molecular formula is C28H26N2O6. The first-order valence-corrected chi connectivity index (χ1v) is 11.4. The maximum atomic E-state index is 13.7. The summed E-state index contributed by atoms with van der Waals surface area (Å²) in [6, 6.07) is 19.5. The number of aryl methyl sites for hydroxylation is 1. The van der Waals surface area contributed by atoms with Gasteiger partial charge in [0.2, 0.25) is 5.91 Å². The average Bonchev–Trinajstić information content (AvgIpc) is 3.16. The monoisotopic (exact) mass is 486 g/mol. The topological polar surface area (TPSA) is 93.2 Å². The predicted octanol–water partition coefficient (Wildman–Crippen LogP) is 3.90. The number of hydrogen-bond donors (Lipinski definition) is 0. The van der Waals surface area contributed by atoms with Gasteiger partial charge in [0.1, 0.15) is 17.5 Å². The number of rotatable bonds is 7. The van der Waals surface area contributed by atoms with Crippen LogP contribution >= 0.6 is 0 Å². The summed E-state index contributed by atoms with van der Waals surface area (Å²) in [5.41, 5.74) is 2.60. The second kappa shape index (κ2) is 10.4. The van der Waals surface area contributed by atoms with E-state index in [4.69, 9.17) is 9.47 Å². The van der Waals surface area contributed by atoms with Crippen molar-refractivity contribution in [3.63, 3.8) is 0 Å². The molecule has 3 aromatic rings. The molecule has 36 heavy (non-hydrogen) atoms. The predicted molar refractivity (Wildman–Crippen MR) is 133 cm³/mol. The third-order valence-electron chi connectivity index (χ3n) is 5.91. The van der Waals surface area contributed by atoms with Crippen LogP contribution < -0.4 is 14.4 Å². The number of ether oxygens (including phenoxy) is 2. The van der Waals surface area contributed by atoms with Gasteiger partial charge in [-0.3, -0.25) is 19.2 Å². The first-order valence-electron chi connectivity index (χ1n) is 11.4. The Morgan fingerprint density at radius 3 is 2.31 bits per heavy atom. The Hall–Kier alpha value is -4.46. The summed E-state index contributed by atoms with van der Waals surface area (Å²) in [5, 5.41) is 0. The van der Waals surface area contributed by atoms with Gasteiger partial charge in [0.25, 0.3) is 11.8 Å². The van der Waals surface area contributed by atoms with Crippen molar-refractivity contribution in [2.24, 2.45) is 0 Å². The normalized spacial score (nSPS) is 15.1. The lowest BCUT2D eigenvalue weighted by atomic mass is 10.1. The highest BCUT2D eigenvalue weighted by Gasteiger charge is 2.44. The van der Waals surface area contributed by atoms with Gasteiger partial charge in [-0.2, -0.15) is 0 Å². The highest BCUT2D eigenvalue weighted by atomic mass is 16.5. The zero-order valence-corrected chi connectivity index (χ0v) is 20.3. The van der Waals surface area contributed by atoms with Crippen molar-refractivity contribution >= 4 is 29.4 Å². The summed E-state index contributed by atoms with van der Waals surface area (Å²) >= 11 is 0. The molecule has 0 N–H and O–H groups in total. The van der Waals surface area contributed by atoms with Crippen LogP contribution in [0.15, 0.2) is 72.8 Å². The Morgan fingerprint density at radius 2 is 1.67 bits per heavy atom. The van der Waals surface area contributed by atoms with E-state index in [1.54, 1.807) is 24.3 Å². The average molecular weight is 487 g/mol. The number of hydrogen-bond acceptors (Lipinski definition) is 6. The quantitative estimate of drug-likeness (QED) is 0.286. The number of nitrogens with zero attached hydrogens (tertiary/aromatic N) is 2. The molecule has 3 aromatic carbocycles. The number of carbonyl (C=O) groups is 4. The van der Waals surface area contributed by atoms with Gasteiger partial charge in [0.05, 0.1) is 19.2 Å². The Kier molecular flexibility index (Phi) is 7.15. The van der Waals surface area contributed by atoms with Crippen molar-refractivity contribution in [2.75, 3.05) is 12.0 Å². The molecule has 0 aliphatic carbocycles. The summed E-state index contributed by atoms with van der Waals surface area (Å²) < 4.78 is 10.3. The lowest BCUT2D eigenvalue weighted by Gasteiger charge is -2.28. The smallest absolute Gasteiger partial charge is 0.308 e. The van der Waals surface area contributed by atoms with Crippen molar-refractivity contribution in [1.82, 2.24) is 4.90 Å². The number of esters is 1. The molecule has 0 radical (unpaired) electrons. The molecule has 4 rings (SSSR count). The first kappa shape index (κ1) is 24.7. The Balaban J connectivity index is 1.65. The zero-order chi connectivity index (χ0) is 25.8. The van der Waals surface area contributed by atoms with Crippen LogP contribution in [-0.2, 0) is 20.9 Å². The fourth-order valence-electron chi connectivity index (χ4n) is 4.10. The minimum Gasteiger partial charge on any atom is -0.497 e. The molecule has 3 amide bonds. The molecule has 0 spiro atoms. The van der Waals surface area contributed by atoms with Crippen molar-refractivity contribution < 1.29 is 28.7 Å². The highest BCUT2D eigenvalue weighted by Crippen LogP contribution is 2.29. The van der Waals surface area contributed by atoms with Crippen LogP contribution in [0, 0.1) is 6.92 Å². The van der Waals surface area contributed by atoms with Gasteiger partial charge in [-0.05, 0) is 55.0 Å². The second-order valence-electron chi connectivity index (χ2n) is 8.53. The molecule has 1 unspecified atom stereocenters. The number of methoxy groups -OCH3 is 1. The molecule has 1 saturated heterocycles. The fourth-order valence-corrected chi connectivity index (χ4v) is 4.10. The molecule has 1 heterocycles. The minimum absolute atomic E-state index is 0.147. The molecule has 8 heteroatoms. The maximum absolute atomic E-state index is 13.7. The lowest BCUT2D eigenvalue weighted by molar-refractivity contribution is -0.132. The van der Waals surface area contributed by atoms with Crippen LogP contribution in [0.4, 0.5) is 5.69 Å². The number of anilines is 1. The van der Waals surface area contributed by atoms with Crippen LogP contribution in [0.2, 0.25) is 0 Å². The van der Waals surface area contributed by atoms with E-state index in [9.17, 15) is 19.2 Å². The summed E-state index contributed by atoms with van der Waals surface area (Å²) in [4.78, 5) is 53.8. The molecule has 184 valence electrons. The van der Waals surface area contributed by atoms with E-state index in [1.807, 2.05) is 31.2 Å². The number of imide groups is 1. The summed E-state index contributed by atoms with van der Waals surface area (Å²) in [5.74, 6) is -0.955. The summed E-state index contributed by atoms with van der Waals surface area (Å²) in [6.45, 7) is 3.40. The largest absolute Gasteiger partial charge is 0.497 e. The summed E-state index contributed by atoms with van der Waals surface area (Å²) in [6.07, 6.45) is -0.147. The van der Waals surface area contributed by atoms with Crippen LogP contribution in [0.1, 0.15) is 34.8 Å². The van der Waals surface area contributed by atoms with Gasteiger partial charge < -0.3 is 14.4 Å². The molecule has 0 bridgehead atoms.